The highest BCUT2D eigenvalue weighted by Gasteiger charge is 2.10. The molecular formula is C15H13BrCl2N2O. The molecule has 1 N–H and O–H groups in total. The molecule has 6 heteroatoms. The molecule has 21 heavy (non-hydrogen) atoms. The van der Waals surface area contributed by atoms with Gasteiger partial charge in [-0.3, -0.25) is 4.79 Å². The van der Waals surface area contributed by atoms with E-state index >= 15 is 0 Å². The Hall–Kier alpha value is -1.23. The maximum atomic E-state index is 12.2. The number of rotatable bonds is 3. The first-order chi connectivity index (χ1) is 9.88. The van der Waals surface area contributed by atoms with Gasteiger partial charge in [0.05, 0.1) is 15.7 Å². The van der Waals surface area contributed by atoms with E-state index in [1.54, 1.807) is 24.3 Å². The first-order valence-electron chi connectivity index (χ1n) is 6.12. The van der Waals surface area contributed by atoms with Gasteiger partial charge in [-0.05, 0) is 52.3 Å². The molecule has 0 spiro atoms. The van der Waals surface area contributed by atoms with Crippen LogP contribution in [0.3, 0.4) is 0 Å². The summed E-state index contributed by atoms with van der Waals surface area (Å²) >= 11 is 15.4. The third-order valence-electron chi connectivity index (χ3n) is 2.87. The molecule has 3 nitrogen and oxygen atoms in total. The molecule has 0 bridgehead atoms. The molecule has 0 fully saturated rings. The third kappa shape index (κ3) is 3.90. The van der Waals surface area contributed by atoms with Crippen molar-refractivity contribution in [2.75, 3.05) is 24.3 Å². The van der Waals surface area contributed by atoms with Crippen molar-refractivity contribution in [3.63, 3.8) is 0 Å². The SMILES string of the molecule is CN(C)c1ccc(NC(=O)c2ccc(Cl)c(Br)c2)cc1Cl. The number of carbonyl (C=O) groups excluding carboxylic acids is 1. The van der Waals surface area contributed by atoms with Crippen molar-refractivity contribution in [3.8, 4) is 0 Å². The van der Waals surface area contributed by atoms with Gasteiger partial charge in [-0.1, -0.05) is 23.2 Å². The van der Waals surface area contributed by atoms with E-state index in [9.17, 15) is 4.79 Å². The minimum Gasteiger partial charge on any atom is -0.376 e. The highest BCUT2D eigenvalue weighted by Crippen LogP contribution is 2.28. The molecule has 2 aromatic carbocycles. The van der Waals surface area contributed by atoms with Gasteiger partial charge >= 0.3 is 0 Å². The molecule has 0 heterocycles. The zero-order valence-corrected chi connectivity index (χ0v) is 14.6. The van der Waals surface area contributed by atoms with Crippen LogP contribution in [0.4, 0.5) is 11.4 Å². The van der Waals surface area contributed by atoms with Crippen LogP contribution in [0.2, 0.25) is 10.0 Å². The van der Waals surface area contributed by atoms with E-state index < -0.39 is 0 Å². The molecule has 0 aliphatic carbocycles. The van der Waals surface area contributed by atoms with Crippen molar-refractivity contribution in [2.45, 2.75) is 0 Å². The summed E-state index contributed by atoms with van der Waals surface area (Å²) in [4.78, 5) is 14.1. The lowest BCUT2D eigenvalue weighted by atomic mass is 10.2. The molecule has 0 radical (unpaired) electrons. The largest absolute Gasteiger partial charge is 0.376 e. The number of anilines is 2. The highest BCUT2D eigenvalue weighted by molar-refractivity contribution is 9.10. The van der Waals surface area contributed by atoms with Crippen molar-refractivity contribution >= 4 is 56.4 Å². The van der Waals surface area contributed by atoms with Crippen LogP contribution >= 0.6 is 39.1 Å². The smallest absolute Gasteiger partial charge is 0.255 e. The number of halogens is 3. The molecule has 2 rings (SSSR count). The van der Waals surface area contributed by atoms with E-state index in [4.69, 9.17) is 23.2 Å². The van der Waals surface area contributed by atoms with Gasteiger partial charge in [-0.25, -0.2) is 0 Å². The van der Waals surface area contributed by atoms with Crippen LogP contribution in [-0.2, 0) is 0 Å². The first-order valence-corrected chi connectivity index (χ1v) is 7.66. The van der Waals surface area contributed by atoms with Crippen molar-refractivity contribution in [1.29, 1.82) is 0 Å². The van der Waals surface area contributed by atoms with Gasteiger partial charge in [0.1, 0.15) is 0 Å². The van der Waals surface area contributed by atoms with Gasteiger partial charge in [-0.2, -0.15) is 0 Å². The summed E-state index contributed by atoms with van der Waals surface area (Å²) < 4.78 is 0.679. The Labute approximate surface area is 142 Å². The molecule has 0 saturated heterocycles. The van der Waals surface area contributed by atoms with Crippen molar-refractivity contribution in [1.82, 2.24) is 0 Å². The van der Waals surface area contributed by atoms with E-state index in [-0.39, 0.29) is 5.91 Å². The normalized spacial score (nSPS) is 10.3. The quantitative estimate of drug-likeness (QED) is 0.796. The summed E-state index contributed by atoms with van der Waals surface area (Å²) in [6.07, 6.45) is 0. The summed E-state index contributed by atoms with van der Waals surface area (Å²) in [7, 11) is 3.81. The highest BCUT2D eigenvalue weighted by atomic mass is 79.9. The van der Waals surface area contributed by atoms with Gasteiger partial charge in [0.15, 0.2) is 0 Å². The minimum absolute atomic E-state index is 0.221. The van der Waals surface area contributed by atoms with Crippen LogP contribution < -0.4 is 10.2 Å². The van der Waals surface area contributed by atoms with E-state index in [0.717, 1.165) is 5.69 Å². The van der Waals surface area contributed by atoms with Crippen LogP contribution in [0.1, 0.15) is 10.4 Å². The maximum Gasteiger partial charge on any atom is 0.255 e. The predicted octanol–water partition coefficient (Wildman–Crippen LogP) is 5.07. The van der Waals surface area contributed by atoms with Gasteiger partial charge in [0, 0.05) is 29.8 Å². The lowest BCUT2D eigenvalue weighted by Gasteiger charge is -2.15. The Morgan fingerprint density at radius 3 is 2.38 bits per heavy atom. The molecule has 2 aromatic rings. The number of nitrogens with zero attached hydrogens (tertiary/aromatic N) is 1. The Kier molecular flexibility index (Phi) is 5.14. The number of benzene rings is 2. The summed E-state index contributed by atoms with van der Waals surface area (Å²) in [5.74, 6) is -0.221. The second-order valence-corrected chi connectivity index (χ2v) is 6.31. The van der Waals surface area contributed by atoms with Crippen LogP contribution in [-0.4, -0.2) is 20.0 Å². The fourth-order valence-corrected chi connectivity index (χ4v) is 2.63. The molecule has 1 amide bonds. The van der Waals surface area contributed by atoms with Crippen molar-refractivity contribution in [3.05, 3.63) is 56.5 Å². The summed E-state index contributed by atoms with van der Waals surface area (Å²) in [5, 5.41) is 3.94. The fourth-order valence-electron chi connectivity index (χ4n) is 1.79. The zero-order chi connectivity index (χ0) is 15.6. The Bertz CT molecular complexity index is 689. The van der Waals surface area contributed by atoms with Crippen LogP contribution in [0, 0.1) is 0 Å². The number of amides is 1. The standard InChI is InChI=1S/C15H13BrCl2N2O/c1-20(2)14-6-4-10(8-13(14)18)19-15(21)9-3-5-12(17)11(16)7-9/h3-8H,1-2H3,(H,19,21). The van der Waals surface area contributed by atoms with E-state index in [1.165, 1.54) is 0 Å². The van der Waals surface area contributed by atoms with Crippen LogP contribution in [0.5, 0.6) is 0 Å². The first kappa shape index (κ1) is 16.1. The number of hydrogen-bond donors (Lipinski definition) is 1. The second kappa shape index (κ2) is 6.69. The Morgan fingerprint density at radius 1 is 1.10 bits per heavy atom. The number of carbonyl (C=O) groups is 1. The minimum atomic E-state index is -0.221. The molecule has 0 saturated carbocycles. The average Bonchev–Trinajstić information content (AvgIpc) is 2.41. The maximum absolute atomic E-state index is 12.2. The summed E-state index contributed by atoms with van der Waals surface area (Å²) in [6.45, 7) is 0. The molecular weight excluding hydrogens is 375 g/mol. The molecule has 110 valence electrons. The third-order valence-corrected chi connectivity index (χ3v) is 4.39. The Morgan fingerprint density at radius 2 is 1.81 bits per heavy atom. The van der Waals surface area contributed by atoms with E-state index in [2.05, 4.69) is 21.2 Å². The molecule has 0 aliphatic heterocycles. The fraction of sp³-hybridized carbons (Fsp3) is 0.133. The zero-order valence-electron chi connectivity index (χ0n) is 11.5. The van der Waals surface area contributed by atoms with Crippen LogP contribution in [0.25, 0.3) is 0 Å². The predicted molar refractivity (Wildman–Crippen MR) is 92.9 cm³/mol. The van der Waals surface area contributed by atoms with Crippen molar-refractivity contribution < 1.29 is 4.79 Å². The molecule has 0 unspecified atom stereocenters. The van der Waals surface area contributed by atoms with E-state index in [1.807, 2.05) is 31.1 Å². The molecule has 0 aliphatic rings. The van der Waals surface area contributed by atoms with Gasteiger partial charge < -0.3 is 10.2 Å². The summed E-state index contributed by atoms with van der Waals surface area (Å²) in [5.41, 5.74) is 2.05. The summed E-state index contributed by atoms with van der Waals surface area (Å²) in [6, 6.07) is 10.4. The van der Waals surface area contributed by atoms with Gasteiger partial charge in [-0.15, -0.1) is 0 Å². The number of nitrogens with one attached hydrogen (secondary N) is 1. The van der Waals surface area contributed by atoms with Gasteiger partial charge in [0.2, 0.25) is 0 Å². The molecule has 0 aromatic heterocycles. The van der Waals surface area contributed by atoms with Gasteiger partial charge in [0.25, 0.3) is 5.91 Å². The van der Waals surface area contributed by atoms with E-state index in [0.29, 0.717) is 25.8 Å². The molecule has 0 atom stereocenters. The monoisotopic (exact) mass is 386 g/mol. The second-order valence-electron chi connectivity index (χ2n) is 4.64. The van der Waals surface area contributed by atoms with Crippen LogP contribution in [0.15, 0.2) is 40.9 Å². The topological polar surface area (TPSA) is 32.3 Å². The lowest BCUT2D eigenvalue weighted by Crippen LogP contribution is -2.13. The Balaban J connectivity index is 2.19. The average molecular weight is 388 g/mol. The van der Waals surface area contributed by atoms with Crippen molar-refractivity contribution in [2.24, 2.45) is 0 Å². The lowest BCUT2D eigenvalue weighted by molar-refractivity contribution is 0.102. The number of hydrogen-bond acceptors (Lipinski definition) is 2.